The Morgan fingerprint density at radius 3 is 2.08 bits per heavy atom. The second-order valence-electron chi connectivity index (χ2n) is 6.76. The van der Waals surface area contributed by atoms with E-state index in [9.17, 15) is 0 Å². The van der Waals surface area contributed by atoms with E-state index in [0.29, 0.717) is 6.04 Å². The third-order valence-corrected chi connectivity index (χ3v) is 5.09. The highest BCUT2D eigenvalue weighted by molar-refractivity contribution is 5.67. The largest absolute Gasteiger partial charge is 0.341 e. The van der Waals surface area contributed by atoms with Crippen molar-refractivity contribution in [3.05, 3.63) is 78.0 Å². The van der Waals surface area contributed by atoms with E-state index < -0.39 is 0 Å². The van der Waals surface area contributed by atoms with Crippen LogP contribution in [0.2, 0.25) is 0 Å². The molecule has 0 aromatic heterocycles. The van der Waals surface area contributed by atoms with Crippen molar-refractivity contribution in [2.45, 2.75) is 52.5 Å². The fraction of sp³-hybridized carbons (Fsp3) is 0.333. The van der Waals surface area contributed by atoms with E-state index in [1.54, 1.807) is 5.57 Å². The molecule has 0 fully saturated rings. The predicted octanol–water partition coefficient (Wildman–Crippen LogP) is 6.97. The van der Waals surface area contributed by atoms with Gasteiger partial charge in [0.1, 0.15) is 0 Å². The van der Waals surface area contributed by atoms with Crippen molar-refractivity contribution in [2.24, 2.45) is 0 Å². The van der Waals surface area contributed by atoms with Crippen LogP contribution in [0.3, 0.4) is 0 Å². The average molecular weight is 332 g/mol. The number of hydrogen-bond donors (Lipinski definition) is 0. The lowest BCUT2D eigenvalue weighted by Crippen LogP contribution is -2.35. The Labute approximate surface area is 152 Å². The summed E-state index contributed by atoms with van der Waals surface area (Å²) >= 11 is 0. The lowest BCUT2D eigenvalue weighted by atomic mass is 9.92. The van der Waals surface area contributed by atoms with Gasteiger partial charge in [0, 0.05) is 11.9 Å². The van der Waals surface area contributed by atoms with Crippen molar-refractivity contribution in [2.75, 3.05) is 4.90 Å². The van der Waals surface area contributed by atoms with Gasteiger partial charge < -0.3 is 4.90 Å². The van der Waals surface area contributed by atoms with Crippen LogP contribution in [0, 0.1) is 0 Å². The molecule has 1 nitrogen and oxygen atoms in total. The summed E-state index contributed by atoms with van der Waals surface area (Å²) in [4.78, 5) is 2.50. The third-order valence-electron chi connectivity index (χ3n) is 5.09. The fourth-order valence-electron chi connectivity index (χ4n) is 3.66. The second kappa shape index (κ2) is 8.20. The maximum Gasteiger partial charge on any atom is 0.0548 e. The molecule has 2 aromatic carbocycles. The van der Waals surface area contributed by atoms with E-state index in [2.05, 4.69) is 92.5 Å². The van der Waals surface area contributed by atoms with Gasteiger partial charge in [-0.25, -0.2) is 0 Å². The van der Waals surface area contributed by atoms with Crippen molar-refractivity contribution < 1.29 is 0 Å². The molecule has 1 atom stereocenters. The van der Waals surface area contributed by atoms with E-state index in [1.807, 2.05) is 0 Å². The van der Waals surface area contributed by atoms with E-state index in [4.69, 9.17) is 0 Å². The summed E-state index contributed by atoms with van der Waals surface area (Å²) in [7, 11) is 0. The molecule has 1 unspecified atom stereocenters. The highest BCUT2D eigenvalue weighted by Gasteiger charge is 2.23. The number of benzene rings is 2. The minimum absolute atomic E-state index is 0.493. The molecule has 0 radical (unpaired) electrons. The van der Waals surface area contributed by atoms with E-state index in [0.717, 1.165) is 12.8 Å². The first-order valence-electron chi connectivity index (χ1n) is 9.61. The molecule has 2 aromatic rings. The van der Waals surface area contributed by atoms with Crippen LogP contribution < -0.4 is 4.90 Å². The Hall–Kier alpha value is -2.28. The quantitative estimate of drug-likeness (QED) is 0.552. The predicted molar refractivity (Wildman–Crippen MR) is 110 cm³/mol. The molecule has 0 N–H and O–H groups in total. The van der Waals surface area contributed by atoms with Crippen LogP contribution in [-0.4, -0.2) is 6.04 Å². The molecule has 0 saturated carbocycles. The van der Waals surface area contributed by atoms with Gasteiger partial charge in [-0.1, -0.05) is 75.7 Å². The normalized spacial score (nSPS) is 17.2. The lowest BCUT2D eigenvalue weighted by Gasteiger charge is -2.36. The molecule has 1 aliphatic rings. The SMILES string of the molecule is CCCC1C(CC)=CC(CC)=CN1c1ccc(-c2ccccc2)cc1. The Morgan fingerprint density at radius 1 is 0.800 bits per heavy atom. The first kappa shape index (κ1) is 17.5. The lowest BCUT2D eigenvalue weighted by molar-refractivity contribution is 0.626. The van der Waals surface area contributed by atoms with Gasteiger partial charge in [0.15, 0.2) is 0 Å². The van der Waals surface area contributed by atoms with Gasteiger partial charge in [-0.2, -0.15) is 0 Å². The van der Waals surface area contributed by atoms with Gasteiger partial charge in [-0.3, -0.25) is 0 Å². The van der Waals surface area contributed by atoms with Crippen molar-refractivity contribution in [1.29, 1.82) is 0 Å². The van der Waals surface area contributed by atoms with Crippen molar-refractivity contribution in [3.8, 4) is 11.1 Å². The zero-order chi connectivity index (χ0) is 17.6. The zero-order valence-corrected chi connectivity index (χ0v) is 15.7. The van der Waals surface area contributed by atoms with Crippen LogP contribution in [0.4, 0.5) is 5.69 Å². The standard InChI is InChI=1S/C24H29N/c1-4-10-24-20(6-3)17-19(5-2)18-25(24)23-15-13-22(14-16-23)21-11-8-7-9-12-21/h7-9,11-18,24H,4-6,10H2,1-3H3. The molecule has 1 aliphatic heterocycles. The molecule has 3 rings (SSSR count). The summed E-state index contributed by atoms with van der Waals surface area (Å²) in [5.41, 5.74) is 6.84. The second-order valence-corrected chi connectivity index (χ2v) is 6.76. The molecule has 0 aliphatic carbocycles. The number of allylic oxidation sites excluding steroid dienone is 2. The van der Waals surface area contributed by atoms with Crippen molar-refractivity contribution >= 4 is 5.69 Å². The topological polar surface area (TPSA) is 3.24 Å². The van der Waals surface area contributed by atoms with Crippen LogP contribution in [0.5, 0.6) is 0 Å². The van der Waals surface area contributed by atoms with E-state index >= 15 is 0 Å². The number of anilines is 1. The minimum Gasteiger partial charge on any atom is -0.341 e. The van der Waals surface area contributed by atoms with Crippen LogP contribution in [0.15, 0.2) is 78.0 Å². The minimum atomic E-state index is 0.493. The first-order chi connectivity index (χ1) is 12.3. The molecule has 25 heavy (non-hydrogen) atoms. The smallest absolute Gasteiger partial charge is 0.0548 e. The summed E-state index contributed by atoms with van der Waals surface area (Å²) in [5, 5.41) is 0. The zero-order valence-electron chi connectivity index (χ0n) is 15.7. The summed E-state index contributed by atoms with van der Waals surface area (Å²) in [6, 6.07) is 20.1. The first-order valence-corrected chi connectivity index (χ1v) is 9.61. The number of rotatable bonds is 6. The monoisotopic (exact) mass is 331 g/mol. The number of nitrogens with zero attached hydrogens (tertiary/aromatic N) is 1. The van der Waals surface area contributed by atoms with E-state index in [-0.39, 0.29) is 0 Å². The molecule has 0 spiro atoms. The summed E-state index contributed by atoms with van der Waals surface area (Å²) in [6.45, 7) is 6.80. The van der Waals surface area contributed by atoms with Gasteiger partial charge >= 0.3 is 0 Å². The van der Waals surface area contributed by atoms with Gasteiger partial charge in [-0.05, 0) is 53.7 Å². The molecule has 1 heterocycles. The third kappa shape index (κ3) is 3.87. The molecule has 0 saturated heterocycles. The van der Waals surface area contributed by atoms with Crippen LogP contribution in [0.1, 0.15) is 46.5 Å². The molecule has 0 amide bonds. The van der Waals surface area contributed by atoms with Gasteiger partial charge in [0.2, 0.25) is 0 Å². The fourth-order valence-corrected chi connectivity index (χ4v) is 3.66. The Kier molecular flexibility index (Phi) is 5.75. The van der Waals surface area contributed by atoms with Gasteiger partial charge in [-0.15, -0.1) is 0 Å². The summed E-state index contributed by atoms with van der Waals surface area (Å²) in [6.07, 6.45) is 9.40. The van der Waals surface area contributed by atoms with Crippen LogP contribution in [0.25, 0.3) is 11.1 Å². The molecule has 130 valence electrons. The summed E-state index contributed by atoms with van der Waals surface area (Å²) < 4.78 is 0. The van der Waals surface area contributed by atoms with Crippen LogP contribution in [-0.2, 0) is 0 Å². The van der Waals surface area contributed by atoms with Crippen LogP contribution >= 0.6 is 0 Å². The molecular formula is C24H29N. The highest BCUT2D eigenvalue weighted by Crippen LogP contribution is 2.33. The van der Waals surface area contributed by atoms with Crippen molar-refractivity contribution in [3.63, 3.8) is 0 Å². The maximum atomic E-state index is 2.50. The maximum absolute atomic E-state index is 2.50. The van der Waals surface area contributed by atoms with Gasteiger partial charge in [0.05, 0.1) is 6.04 Å². The Balaban J connectivity index is 1.92. The van der Waals surface area contributed by atoms with E-state index in [1.165, 1.54) is 35.2 Å². The molecule has 1 heteroatoms. The Morgan fingerprint density at radius 2 is 1.48 bits per heavy atom. The van der Waals surface area contributed by atoms with Gasteiger partial charge in [0.25, 0.3) is 0 Å². The highest BCUT2D eigenvalue weighted by atomic mass is 15.2. The van der Waals surface area contributed by atoms with Crippen molar-refractivity contribution in [1.82, 2.24) is 0 Å². The molecule has 0 bridgehead atoms. The molecular weight excluding hydrogens is 302 g/mol. The Bertz CT molecular complexity index is 737. The summed E-state index contributed by atoms with van der Waals surface area (Å²) in [5.74, 6) is 0. The number of hydrogen-bond acceptors (Lipinski definition) is 1. The average Bonchev–Trinajstić information content (AvgIpc) is 2.69.